The number of benzene rings is 2. The van der Waals surface area contributed by atoms with Gasteiger partial charge in [0.25, 0.3) is 5.91 Å². The molecule has 4 aromatic rings. The molecule has 9 heteroatoms. The van der Waals surface area contributed by atoms with Crippen LogP contribution in [0.15, 0.2) is 42.5 Å². The third-order valence-electron chi connectivity index (χ3n) is 4.15. The number of aromatic amines is 1. The Morgan fingerprint density at radius 3 is 2.82 bits per heavy atom. The topological polar surface area (TPSA) is 122 Å². The predicted molar refractivity (Wildman–Crippen MR) is 110 cm³/mol. The number of nitrogens with one attached hydrogen (secondary N) is 3. The molecule has 0 unspecified atom stereocenters. The first-order valence-electron chi connectivity index (χ1n) is 8.72. The van der Waals surface area contributed by atoms with Crippen LogP contribution in [-0.4, -0.2) is 38.7 Å². The van der Waals surface area contributed by atoms with Crippen LogP contribution < -0.4 is 16.4 Å². The standard InChI is InChI=1S/C19H18ClN7O/c1-10(21)9-22-19(28)18-23-14-7-6-11(20)8-13(14)16(25-18)24-17-12-4-2-3-5-15(12)26-27-17/h2-8,10H,9,21H2,1H3,(H,22,28)(H2,23,24,25,26,27)/t10-/m0/s1. The predicted octanol–water partition coefficient (Wildman–Crippen LogP) is 2.98. The van der Waals surface area contributed by atoms with Crippen molar-refractivity contribution in [1.29, 1.82) is 0 Å². The third kappa shape index (κ3) is 3.60. The minimum absolute atomic E-state index is 0.0396. The largest absolute Gasteiger partial charge is 0.348 e. The summed E-state index contributed by atoms with van der Waals surface area (Å²) in [5, 5.41) is 15.3. The second kappa shape index (κ2) is 7.41. The van der Waals surface area contributed by atoms with Crippen LogP contribution in [0.4, 0.5) is 11.6 Å². The first kappa shape index (κ1) is 18.1. The Kier molecular flexibility index (Phi) is 4.81. The zero-order chi connectivity index (χ0) is 19.7. The van der Waals surface area contributed by atoms with Gasteiger partial charge >= 0.3 is 0 Å². The lowest BCUT2D eigenvalue weighted by Crippen LogP contribution is -2.36. The average Bonchev–Trinajstić information content (AvgIpc) is 3.09. The van der Waals surface area contributed by atoms with E-state index in [1.165, 1.54) is 0 Å². The van der Waals surface area contributed by atoms with Gasteiger partial charge in [-0.05, 0) is 37.3 Å². The van der Waals surface area contributed by atoms with E-state index < -0.39 is 5.91 Å². The quantitative estimate of drug-likeness (QED) is 0.412. The summed E-state index contributed by atoms with van der Waals surface area (Å²) < 4.78 is 0. The molecular weight excluding hydrogens is 378 g/mol. The van der Waals surface area contributed by atoms with Crippen molar-refractivity contribution < 1.29 is 4.79 Å². The first-order valence-corrected chi connectivity index (χ1v) is 9.10. The summed E-state index contributed by atoms with van der Waals surface area (Å²) in [6.45, 7) is 2.13. The minimum Gasteiger partial charge on any atom is -0.348 e. The zero-order valence-electron chi connectivity index (χ0n) is 15.0. The van der Waals surface area contributed by atoms with Gasteiger partial charge in [-0.3, -0.25) is 9.89 Å². The number of nitrogens with two attached hydrogens (primary N) is 1. The molecule has 0 bridgehead atoms. The van der Waals surface area contributed by atoms with Crippen molar-refractivity contribution in [1.82, 2.24) is 25.5 Å². The Balaban J connectivity index is 1.78. The van der Waals surface area contributed by atoms with Crippen LogP contribution in [0.2, 0.25) is 5.02 Å². The number of anilines is 2. The summed E-state index contributed by atoms with van der Waals surface area (Å²) in [5.41, 5.74) is 7.18. The normalized spacial score (nSPS) is 12.2. The van der Waals surface area contributed by atoms with E-state index in [0.717, 1.165) is 10.9 Å². The first-order chi connectivity index (χ1) is 13.5. The number of fused-ring (bicyclic) bond motifs is 2. The molecule has 0 saturated heterocycles. The van der Waals surface area contributed by atoms with Gasteiger partial charge in [-0.2, -0.15) is 5.10 Å². The summed E-state index contributed by atoms with van der Waals surface area (Å²) in [6.07, 6.45) is 0. The van der Waals surface area contributed by atoms with Crippen molar-refractivity contribution in [3.05, 3.63) is 53.3 Å². The van der Waals surface area contributed by atoms with Crippen molar-refractivity contribution in [2.24, 2.45) is 5.73 Å². The van der Waals surface area contributed by atoms with Gasteiger partial charge < -0.3 is 16.4 Å². The number of nitrogens with zero attached hydrogens (tertiary/aromatic N) is 3. The second-order valence-electron chi connectivity index (χ2n) is 6.49. The van der Waals surface area contributed by atoms with E-state index in [1.807, 2.05) is 24.3 Å². The molecule has 0 aliphatic heterocycles. The van der Waals surface area contributed by atoms with Gasteiger partial charge in [-0.15, -0.1) is 0 Å². The fourth-order valence-electron chi connectivity index (χ4n) is 2.80. The van der Waals surface area contributed by atoms with Gasteiger partial charge in [0, 0.05) is 28.4 Å². The smallest absolute Gasteiger partial charge is 0.289 e. The molecule has 2 aromatic heterocycles. The summed E-state index contributed by atoms with van der Waals surface area (Å²) in [5.74, 6) is 0.676. The number of amides is 1. The summed E-state index contributed by atoms with van der Waals surface area (Å²) in [6, 6.07) is 12.7. The van der Waals surface area contributed by atoms with Crippen molar-refractivity contribution in [3.8, 4) is 0 Å². The lowest BCUT2D eigenvalue weighted by Gasteiger charge is -2.11. The Labute approximate surface area is 165 Å². The molecule has 0 radical (unpaired) electrons. The average molecular weight is 396 g/mol. The molecule has 142 valence electrons. The van der Waals surface area contributed by atoms with Crippen LogP contribution in [0.5, 0.6) is 0 Å². The summed E-state index contributed by atoms with van der Waals surface area (Å²) >= 11 is 6.16. The number of rotatable bonds is 5. The number of hydrogen-bond donors (Lipinski definition) is 4. The number of carbonyl (C=O) groups excluding carboxylic acids is 1. The van der Waals surface area contributed by atoms with Crippen LogP contribution in [-0.2, 0) is 0 Å². The molecule has 0 fully saturated rings. The van der Waals surface area contributed by atoms with Gasteiger partial charge in [-0.25, -0.2) is 9.97 Å². The van der Waals surface area contributed by atoms with Crippen molar-refractivity contribution in [2.45, 2.75) is 13.0 Å². The molecule has 1 amide bonds. The van der Waals surface area contributed by atoms with E-state index in [4.69, 9.17) is 17.3 Å². The van der Waals surface area contributed by atoms with Crippen LogP contribution in [0.1, 0.15) is 17.5 Å². The van der Waals surface area contributed by atoms with Gasteiger partial charge in [0.15, 0.2) is 5.82 Å². The van der Waals surface area contributed by atoms with E-state index in [2.05, 4.69) is 30.8 Å². The van der Waals surface area contributed by atoms with Crippen LogP contribution in [0.3, 0.4) is 0 Å². The number of halogens is 1. The molecular formula is C19H18ClN7O. The van der Waals surface area contributed by atoms with E-state index in [9.17, 15) is 4.79 Å². The van der Waals surface area contributed by atoms with Crippen molar-refractivity contribution >= 4 is 50.9 Å². The molecule has 0 aliphatic carbocycles. The number of H-pyrrole nitrogens is 1. The molecule has 1 atom stereocenters. The molecule has 28 heavy (non-hydrogen) atoms. The van der Waals surface area contributed by atoms with E-state index in [0.29, 0.717) is 34.1 Å². The Bertz CT molecular complexity index is 1170. The Morgan fingerprint density at radius 1 is 1.18 bits per heavy atom. The molecule has 0 saturated carbocycles. The highest BCUT2D eigenvalue weighted by molar-refractivity contribution is 6.31. The highest BCUT2D eigenvalue weighted by atomic mass is 35.5. The van der Waals surface area contributed by atoms with Crippen molar-refractivity contribution in [2.75, 3.05) is 11.9 Å². The Hall–Kier alpha value is -3.23. The molecule has 0 spiro atoms. The SMILES string of the molecule is C[C@H](N)CNC(=O)c1nc(Nc2n[nH]c3ccccc23)c2cc(Cl)ccc2n1. The maximum atomic E-state index is 12.5. The monoisotopic (exact) mass is 395 g/mol. The third-order valence-corrected chi connectivity index (χ3v) is 4.39. The maximum Gasteiger partial charge on any atom is 0.289 e. The lowest BCUT2D eigenvalue weighted by atomic mass is 10.2. The van der Waals surface area contributed by atoms with Gasteiger partial charge in [0.05, 0.1) is 11.0 Å². The number of carbonyl (C=O) groups is 1. The molecule has 2 aromatic carbocycles. The highest BCUT2D eigenvalue weighted by Gasteiger charge is 2.16. The van der Waals surface area contributed by atoms with Crippen LogP contribution >= 0.6 is 11.6 Å². The van der Waals surface area contributed by atoms with Gasteiger partial charge in [-0.1, -0.05) is 23.7 Å². The molecule has 5 N–H and O–H groups in total. The minimum atomic E-state index is -0.399. The number of para-hydroxylation sites is 1. The number of aromatic nitrogens is 4. The molecule has 8 nitrogen and oxygen atoms in total. The zero-order valence-corrected chi connectivity index (χ0v) is 15.8. The summed E-state index contributed by atoms with van der Waals surface area (Å²) in [7, 11) is 0. The lowest BCUT2D eigenvalue weighted by molar-refractivity contribution is 0.0942. The second-order valence-corrected chi connectivity index (χ2v) is 6.92. The number of hydrogen-bond acceptors (Lipinski definition) is 6. The molecule has 2 heterocycles. The maximum absolute atomic E-state index is 12.5. The van der Waals surface area contributed by atoms with E-state index >= 15 is 0 Å². The summed E-state index contributed by atoms with van der Waals surface area (Å²) in [4.78, 5) is 21.2. The van der Waals surface area contributed by atoms with E-state index in [-0.39, 0.29) is 11.9 Å². The van der Waals surface area contributed by atoms with Gasteiger partial charge in [0.1, 0.15) is 5.82 Å². The molecule has 0 aliphatic rings. The fraction of sp³-hybridized carbons (Fsp3) is 0.158. The van der Waals surface area contributed by atoms with Gasteiger partial charge in [0.2, 0.25) is 5.82 Å². The van der Waals surface area contributed by atoms with Crippen molar-refractivity contribution in [3.63, 3.8) is 0 Å². The Morgan fingerprint density at radius 2 is 2.00 bits per heavy atom. The highest BCUT2D eigenvalue weighted by Crippen LogP contribution is 2.29. The van der Waals surface area contributed by atoms with Crippen LogP contribution in [0, 0.1) is 0 Å². The molecule has 4 rings (SSSR count). The van der Waals surface area contributed by atoms with Crippen LogP contribution in [0.25, 0.3) is 21.8 Å². The fourth-order valence-corrected chi connectivity index (χ4v) is 2.97. The van der Waals surface area contributed by atoms with E-state index in [1.54, 1.807) is 25.1 Å².